The topological polar surface area (TPSA) is 57.4 Å². The molecule has 2 aromatic rings. The number of aromatic nitrogens is 1. The molecule has 2 rings (SSSR count). The summed E-state index contributed by atoms with van der Waals surface area (Å²) in [4.78, 5) is 4.28. The lowest BCUT2D eigenvalue weighted by atomic mass is 10.1. The van der Waals surface area contributed by atoms with Crippen molar-refractivity contribution in [3.63, 3.8) is 0 Å². The monoisotopic (exact) mass is 272 g/mol. The van der Waals surface area contributed by atoms with Crippen molar-refractivity contribution in [3.05, 3.63) is 48.2 Å². The standard InChI is InChI=1S/C16H20N2O2/c1-3-19-14-5-7-15(8-6-14)20-16-9-4-13(11-18-16)10-12(2)17/h4-9,11-12H,3,10,17H2,1-2H3. The molecule has 0 radical (unpaired) electrons. The maximum atomic E-state index is 5.75. The van der Waals surface area contributed by atoms with Gasteiger partial charge in [0.15, 0.2) is 0 Å². The van der Waals surface area contributed by atoms with Gasteiger partial charge in [0, 0.05) is 18.3 Å². The Balaban J connectivity index is 1.98. The van der Waals surface area contributed by atoms with Gasteiger partial charge in [-0.2, -0.15) is 0 Å². The van der Waals surface area contributed by atoms with Gasteiger partial charge in [-0.25, -0.2) is 4.98 Å². The van der Waals surface area contributed by atoms with Gasteiger partial charge in [0.1, 0.15) is 11.5 Å². The molecule has 0 amide bonds. The highest BCUT2D eigenvalue weighted by molar-refractivity contribution is 5.33. The van der Waals surface area contributed by atoms with Gasteiger partial charge in [-0.15, -0.1) is 0 Å². The van der Waals surface area contributed by atoms with E-state index in [0.717, 1.165) is 23.5 Å². The molecular formula is C16H20N2O2. The number of hydrogen-bond acceptors (Lipinski definition) is 4. The van der Waals surface area contributed by atoms with Gasteiger partial charge < -0.3 is 15.2 Å². The van der Waals surface area contributed by atoms with Crippen LogP contribution in [0.3, 0.4) is 0 Å². The molecule has 0 aliphatic heterocycles. The lowest BCUT2D eigenvalue weighted by Gasteiger charge is -2.08. The van der Waals surface area contributed by atoms with E-state index in [2.05, 4.69) is 4.98 Å². The molecule has 4 heteroatoms. The predicted molar refractivity (Wildman–Crippen MR) is 79.3 cm³/mol. The highest BCUT2D eigenvalue weighted by Gasteiger charge is 2.02. The first kappa shape index (κ1) is 14.3. The smallest absolute Gasteiger partial charge is 0.219 e. The highest BCUT2D eigenvalue weighted by atomic mass is 16.5. The third kappa shape index (κ3) is 4.24. The van der Waals surface area contributed by atoms with Crippen LogP contribution in [-0.4, -0.2) is 17.6 Å². The van der Waals surface area contributed by atoms with E-state index in [1.807, 2.05) is 50.2 Å². The van der Waals surface area contributed by atoms with Crippen LogP contribution in [0, 0.1) is 0 Å². The fraction of sp³-hybridized carbons (Fsp3) is 0.312. The molecule has 1 unspecified atom stereocenters. The minimum absolute atomic E-state index is 0.134. The summed E-state index contributed by atoms with van der Waals surface area (Å²) in [5, 5.41) is 0. The molecule has 0 bridgehead atoms. The predicted octanol–water partition coefficient (Wildman–Crippen LogP) is 3.16. The van der Waals surface area contributed by atoms with Crippen molar-refractivity contribution in [1.82, 2.24) is 4.98 Å². The normalized spacial score (nSPS) is 11.9. The maximum absolute atomic E-state index is 5.75. The number of ether oxygens (including phenoxy) is 2. The molecule has 0 aliphatic carbocycles. The van der Waals surface area contributed by atoms with Crippen molar-refractivity contribution >= 4 is 0 Å². The fourth-order valence-electron chi connectivity index (χ4n) is 1.86. The van der Waals surface area contributed by atoms with Crippen molar-refractivity contribution in [2.24, 2.45) is 5.73 Å². The Bertz CT molecular complexity index is 521. The molecule has 4 nitrogen and oxygen atoms in total. The van der Waals surface area contributed by atoms with Gasteiger partial charge in [0.25, 0.3) is 0 Å². The number of nitrogens with two attached hydrogens (primary N) is 1. The largest absolute Gasteiger partial charge is 0.494 e. The van der Waals surface area contributed by atoms with Crippen LogP contribution in [0.15, 0.2) is 42.6 Å². The second kappa shape index (κ2) is 6.91. The molecule has 106 valence electrons. The SMILES string of the molecule is CCOc1ccc(Oc2ccc(CC(C)N)cn2)cc1. The van der Waals surface area contributed by atoms with E-state index in [0.29, 0.717) is 12.5 Å². The summed E-state index contributed by atoms with van der Waals surface area (Å²) in [7, 11) is 0. The number of rotatable bonds is 6. The summed E-state index contributed by atoms with van der Waals surface area (Å²) in [5.41, 5.74) is 6.86. The molecule has 0 fully saturated rings. The zero-order valence-corrected chi connectivity index (χ0v) is 11.9. The van der Waals surface area contributed by atoms with Crippen molar-refractivity contribution in [3.8, 4) is 17.4 Å². The molecular weight excluding hydrogens is 252 g/mol. The Morgan fingerprint density at radius 1 is 1.10 bits per heavy atom. The first-order chi connectivity index (χ1) is 9.67. The van der Waals surface area contributed by atoms with Crippen molar-refractivity contribution in [1.29, 1.82) is 0 Å². The van der Waals surface area contributed by atoms with Crippen LogP contribution in [0.4, 0.5) is 0 Å². The lowest BCUT2D eigenvalue weighted by molar-refractivity contribution is 0.339. The van der Waals surface area contributed by atoms with Crippen LogP contribution in [0.5, 0.6) is 17.4 Å². The Labute approximate surface area is 119 Å². The van der Waals surface area contributed by atoms with E-state index in [9.17, 15) is 0 Å². The zero-order chi connectivity index (χ0) is 14.4. The quantitative estimate of drug-likeness (QED) is 0.877. The number of nitrogens with zero attached hydrogens (tertiary/aromatic N) is 1. The summed E-state index contributed by atoms with van der Waals surface area (Å²) in [6, 6.07) is 11.5. The number of hydrogen-bond donors (Lipinski definition) is 1. The Morgan fingerprint density at radius 2 is 1.80 bits per heavy atom. The second-order valence-corrected chi connectivity index (χ2v) is 4.69. The first-order valence-corrected chi connectivity index (χ1v) is 6.78. The Hall–Kier alpha value is -2.07. The summed E-state index contributed by atoms with van der Waals surface area (Å²) in [6.07, 6.45) is 2.61. The third-order valence-corrected chi connectivity index (χ3v) is 2.71. The van der Waals surface area contributed by atoms with Crippen LogP contribution >= 0.6 is 0 Å². The Kier molecular flexibility index (Phi) is 4.96. The average Bonchev–Trinajstić information content (AvgIpc) is 2.43. The van der Waals surface area contributed by atoms with Crippen LogP contribution in [0.2, 0.25) is 0 Å². The Morgan fingerprint density at radius 3 is 2.35 bits per heavy atom. The van der Waals surface area contributed by atoms with Gasteiger partial charge in [0.2, 0.25) is 5.88 Å². The van der Waals surface area contributed by atoms with Gasteiger partial charge in [-0.05, 0) is 50.1 Å². The van der Waals surface area contributed by atoms with Gasteiger partial charge in [-0.3, -0.25) is 0 Å². The molecule has 0 spiro atoms. The molecule has 0 aliphatic rings. The minimum Gasteiger partial charge on any atom is -0.494 e. The summed E-state index contributed by atoms with van der Waals surface area (Å²) < 4.78 is 11.1. The summed E-state index contributed by atoms with van der Waals surface area (Å²) in [5.74, 6) is 2.14. The van der Waals surface area contributed by atoms with E-state index in [1.165, 1.54) is 0 Å². The summed E-state index contributed by atoms with van der Waals surface area (Å²) in [6.45, 7) is 4.59. The molecule has 2 N–H and O–H groups in total. The van der Waals surface area contributed by atoms with E-state index in [1.54, 1.807) is 6.20 Å². The number of benzene rings is 1. The van der Waals surface area contributed by atoms with Crippen molar-refractivity contribution < 1.29 is 9.47 Å². The van der Waals surface area contributed by atoms with E-state index < -0.39 is 0 Å². The molecule has 1 atom stereocenters. The average molecular weight is 272 g/mol. The van der Waals surface area contributed by atoms with Crippen LogP contribution < -0.4 is 15.2 Å². The molecule has 0 saturated carbocycles. The molecule has 1 aromatic heterocycles. The van der Waals surface area contributed by atoms with E-state index >= 15 is 0 Å². The highest BCUT2D eigenvalue weighted by Crippen LogP contribution is 2.22. The fourth-order valence-corrected chi connectivity index (χ4v) is 1.86. The minimum atomic E-state index is 0.134. The van der Waals surface area contributed by atoms with Crippen LogP contribution in [0.1, 0.15) is 19.4 Å². The second-order valence-electron chi connectivity index (χ2n) is 4.69. The summed E-state index contributed by atoms with van der Waals surface area (Å²) >= 11 is 0. The first-order valence-electron chi connectivity index (χ1n) is 6.78. The van der Waals surface area contributed by atoms with Gasteiger partial charge >= 0.3 is 0 Å². The van der Waals surface area contributed by atoms with Crippen LogP contribution in [-0.2, 0) is 6.42 Å². The molecule has 0 saturated heterocycles. The van der Waals surface area contributed by atoms with Crippen molar-refractivity contribution in [2.45, 2.75) is 26.3 Å². The van der Waals surface area contributed by atoms with Gasteiger partial charge in [-0.1, -0.05) is 6.07 Å². The number of pyridine rings is 1. The van der Waals surface area contributed by atoms with E-state index in [4.69, 9.17) is 15.2 Å². The van der Waals surface area contributed by atoms with Crippen molar-refractivity contribution in [2.75, 3.05) is 6.61 Å². The third-order valence-electron chi connectivity index (χ3n) is 2.71. The molecule has 1 heterocycles. The zero-order valence-electron chi connectivity index (χ0n) is 11.9. The maximum Gasteiger partial charge on any atom is 0.219 e. The molecule has 1 aromatic carbocycles. The van der Waals surface area contributed by atoms with Gasteiger partial charge in [0.05, 0.1) is 6.61 Å². The van der Waals surface area contributed by atoms with Crippen LogP contribution in [0.25, 0.3) is 0 Å². The molecule has 20 heavy (non-hydrogen) atoms. The lowest BCUT2D eigenvalue weighted by Crippen LogP contribution is -2.17. The van der Waals surface area contributed by atoms with E-state index in [-0.39, 0.29) is 6.04 Å².